The van der Waals surface area contributed by atoms with Crippen molar-refractivity contribution in [3.8, 4) is 0 Å². The predicted octanol–water partition coefficient (Wildman–Crippen LogP) is 2.95. The fourth-order valence-corrected chi connectivity index (χ4v) is 2.30. The van der Waals surface area contributed by atoms with E-state index in [1.807, 2.05) is 0 Å². The summed E-state index contributed by atoms with van der Waals surface area (Å²) in [4.78, 5) is 22.5. The minimum Gasteiger partial charge on any atom is -0.464 e. The molecule has 0 radical (unpaired) electrons. The molecule has 0 aliphatic carbocycles. The second kappa shape index (κ2) is 9.82. The van der Waals surface area contributed by atoms with Gasteiger partial charge in [0.05, 0.1) is 6.61 Å². The van der Waals surface area contributed by atoms with Crippen LogP contribution in [0.25, 0.3) is 0 Å². The Morgan fingerprint density at radius 2 is 1.79 bits per heavy atom. The van der Waals surface area contributed by atoms with Crippen molar-refractivity contribution in [3.05, 3.63) is 0 Å². The largest absolute Gasteiger partial charge is 0.464 e. The first-order valence-corrected chi connectivity index (χ1v) is 7.70. The Morgan fingerprint density at radius 1 is 1.16 bits per heavy atom. The van der Waals surface area contributed by atoms with Crippen LogP contribution in [-0.4, -0.2) is 24.5 Å². The molecule has 1 N–H and O–H groups in total. The van der Waals surface area contributed by atoms with Crippen LogP contribution < -0.4 is 5.32 Å². The van der Waals surface area contributed by atoms with Gasteiger partial charge in [-0.3, -0.25) is 4.79 Å². The molecule has 1 heterocycles. The number of carbonyl (C=O) groups excluding carboxylic acids is 2. The Bertz CT molecular complexity index is 279. The van der Waals surface area contributed by atoms with Gasteiger partial charge >= 0.3 is 5.97 Å². The average Bonchev–Trinajstić information content (AvgIpc) is 2.83. The van der Waals surface area contributed by atoms with E-state index in [9.17, 15) is 9.59 Å². The van der Waals surface area contributed by atoms with Crippen LogP contribution in [0.4, 0.5) is 0 Å². The van der Waals surface area contributed by atoms with Crippen LogP contribution in [0, 0.1) is 0 Å². The Labute approximate surface area is 116 Å². The van der Waals surface area contributed by atoms with Crippen molar-refractivity contribution in [2.24, 2.45) is 0 Å². The summed E-state index contributed by atoms with van der Waals surface area (Å²) < 4.78 is 5.17. The highest BCUT2D eigenvalue weighted by Crippen LogP contribution is 2.10. The summed E-state index contributed by atoms with van der Waals surface area (Å²) in [5.74, 6) is -0.317. The van der Waals surface area contributed by atoms with Crippen LogP contribution in [0.5, 0.6) is 0 Å². The lowest BCUT2D eigenvalue weighted by atomic mass is 10.1. The van der Waals surface area contributed by atoms with E-state index in [1.165, 1.54) is 38.5 Å². The maximum Gasteiger partial charge on any atom is 0.328 e. The first-order valence-electron chi connectivity index (χ1n) is 7.70. The van der Waals surface area contributed by atoms with Gasteiger partial charge in [0.25, 0.3) is 0 Å². The zero-order valence-electron chi connectivity index (χ0n) is 12.1. The normalized spacial score (nSPS) is 18.4. The molecule has 0 spiro atoms. The SMILES string of the molecule is CCCCCCCCCCOC(=O)[C@@H]1CCC(=O)N1. The quantitative estimate of drug-likeness (QED) is 0.490. The maximum absolute atomic E-state index is 11.6. The highest BCUT2D eigenvalue weighted by Gasteiger charge is 2.28. The monoisotopic (exact) mass is 269 g/mol. The first-order chi connectivity index (χ1) is 9.24. The average molecular weight is 269 g/mol. The van der Waals surface area contributed by atoms with E-state index in [2.05, 4.69) is 12.2 Å². The Hall–Kier alpha value is -1.06. The molecule has 110 valence electrons. The number of carbonyl (C=O) groups is 2. The summed E-state index contributed by atoms with van der Waals surface area (Å²) in [5, 5.41) is 2.62. The van der Waals surface area contributed by atoms with Crippen molar-refractivity contribution in [1.82, 2.24) is 5.32 Å². The number of unbranched alkanes of at least 4 members (excludes halogenated alkanes) is 7. The zero-order valence-corrected chi connectivity index (χ0v) is 12.1. The van der Waals surface area contributed by atoms with Gasteiger partial charge in [-0.15, -0.1) is 0 Å². The number of amides is 1. The van der Waals surface area contributed by atoms with Crippen LogP contribution >= 0.6 is 0 Å². The first kappa shape index (κ1) is 16.0. The van der Waals surface area contributed by atoms with Gasteiger partial charge in [0.15, 0.2) is 0 Å². The molecule has 0 unspecified atom stereocenters. The summed E-state index contributed by atoms with van der Waals surface area (Å²) in [7, 11) is 0. The van der Waals surface area contributed by atoms with Gasteiger partial charge in [-0.2, -0.15) is 0 Å². The molecule has 0 aromatic carbocycles. The highest BCUT2D eigenvalue weighted by atomic mass is 16.5. The molecule has 1 saturated heterocycles. The summed E-state index contributed by atoms with van der Waals surface area (Å²) in [5.41, 5.74) is 0. The summed E-state index contributed by atoms with van der Waals surface area (Å²) in [6.07, 6.45) is 10.9. The zero-order chi connectivity index (χ0) is 13.9. The lowest BCUT2D eigenvalue weighted by Gasteiger charge is -2.09. The Kier molecular flexibility index (Phi) is 8.26. The van der Waals surface area contributed by atoms with E-state index in [-0.39, 0.29) is 11.9 Å². The van der Waals surface area contributed by atoms with E-state index in [4.69, 9.17) is 4.74 Å². The number of esters is 1. The van der Waals surface area contributed by atoms with E-state index in [0.717, 1.165) is 12.8 Å². The fraction of sp³-hybridized carbons (Fsp3) is 0.867. The third-order valence-corrected chi connectivity index (χ3v) is 3.52. The van der Waals surface area contributed by atoms with Crippen LogP contribution in [0.15, 0.2) is 0 Å². The molecule has 1 amide bonds. The smallest absolute Gasteiger partial charge is 0.328 e. The molecule has 0 saturated carbocycles. The highest BCUT2D eigenvalue weighted by molar-refractivity contribution is 5.87. The molecule has 0 bridgehead atoms. The van der Waals surface area contributed by atoms with Crippen LogP contribution in [0.2, 0.25) is 0 Å². The Balaban J connectivity index is 1.88. The molecule has 4 nitrogen and oxygen atoms in total. The molecule has 19 heavy (non-hydrogen) atoms. The van der Waals surface area contributed by atoms with Gasteiger partial charge in [0.2, 0.25) is 5.91 Å². The van der Waals surface area contributed by atoms with Gasteiger partial charge in [0, 0.05) is 6.42 Å². The second-order valence-electron chi connectivity index (χ2n) is 5.30. The van der Waals surface area contributed by atoms with Gasteiger partial charge < -0.3 is 10.1 Å². The number of hydrogen-bond donors (Lipinski definition) is 1. The predicted molar refractivity (Wildman–Crippen MR) is 74.7 cm³/mol. The van der Waals surface area contributed by atoms with Gasteiger partial charge in [-0.25, -0.2) is 4.79 Å². The molecular weight excluding hydrogens is 242 g/mol. The van der Waals surface area contributed by atoms with Crippen molar-refractivity contribution in [2.75, 3.05) is 6.61 Å². The third kappa shape index (κ3) is 7.19. The van der Waals surface area contributed by atoms with Crippen LogP contribution in [-0.2, 0) is 14.3 Å². The summed E-state index contributed by atoms with van der Waals surface area (Å²) in [6, 6.07) is -0.401. The van der Waals surface area contributed by atoms with Crippen molar-refractivity contribution in [3.63, 3.8) is 0 Å². The number of ether oxygens (including phenoxy) is 1. The number of nitrogens with one attached hydrogen (secondary N) is 1. The Morgan fingerprint density at radius 3 is 2.37 bits per heavy atom. The van der Waals surface area contributed by atoms with Gasteiger partial charge in [-0.05, 0) is 12.8 Å². The third-order valence-electron chi connectivity index (χ3n) is 3.52. The maximum atomic E-state index is 11.6. The van der Waals surface area contributed by atoms with Crippen LogP contribution in [0.3, 0.4) is 0 Å². The minimum atomic E-state index is -0.401. The van der Waals surface area contributed by atoms with Crippen molar-refractivity contribution < 1.29 is 14.3 Å². The molecule has 1 rings (SSSR count). The van der Waals surface area contributed by atoms with Crippen molar-refractivity contribution in [2.45, 2.75) is 77.2 Å². The van der Waals surface area contributed by atoms with Crippen LogP contribution in [0.1, 0.15) is 71.1 Å². The van der Waals surface area contributed by atoms with Gasteiger partial charge in [0.1, 0.15) is 6.04 Å². The number of hydrogen-bond acceptors (Lipinski definition) is 3. The molecule has 4 heteroatoms. The molecular formula is C15H27NO3. The fourth-order valence-electron chi connectivity index (χ4n) is 2.30. The molecule has 1 fully saturated rings. The van der Waals surface area contributed by atoms with Crippen molar-refractivity contribution in [1.29, 1.82) is 0 Å². The van der Waals surface area contributed by atoms with Crippen molar-refractivity contribution >= 4 is 11.9 Å². The lowest BCUT2D eigenvalue weighted by molar-refractivity contribution is -0.146. The molecule has 1 aliphatic rings. The molecule has 0 aromatic heterocycles. The number of rotatable bonds is 10. The minimum absolute atomic E-state index is 0.0472. The molecule has 1 atom stereocenters. The van der Waals surface area contributed by atoms with E-state index < -0.39 is 6.04 Å². The lowest BCUT2D eigenvalue weighted by Crippen LogP contribution is -2.34. The van der Waals surface area contributed by atoms with Gasteiger partial charge in [-0.1, -0.05) is 51.9 Å². The molecule has 1 aliphatic heterocycles. The molecule has 0 aromatic rings. The van der Waals surface area contributed by atoms with E-state index >= 15 is 0 Å². The standard InChI is InChI=1S/C15H27NO3/c1-2-3-4-5-6-7-8-9-12-19-15(18)13-10-11-14(17)16-13/h13H,2-12H2,1H3,(H,16,17)/t13-/m0/s1. The summed E-state index contributed by atoms with van der Waals surface area (Å²) in [6.45, 7) is 2.71. The second-order valence-corrected chi connectivity index (χ2v) is 5.30. The topological polar surface area (TPSA) is 55.4 Å². The summed E-state index contributed by atoms with van der Waals surface area (Å²) >= 11 is 0. The van der Waals surface area contributed by atoms with E-state index in [0.29, 0.717) is 19.4 Å². The van der Waals surface area contributed by atoms with E-state index in [1.54, 1.807) is 0 Å².